The van der Waals surface area contributed by atoms with E-state index >= 15 is 0 Å². The summed E-state index contributed by atoms with van der Waals surface area (Å²) in [7, 11) is 3.68. The SMILES string of the molecule is Cc1ncc2c3c(c(=O)n(C)c2c1Cl)NC(=O)C1CN(C)C(C)CN31. The average molecular weight is 362 g/mol. The van der Waals surface area contributed by atoms with Gasteiger partial charge in [-0.05, 0) is 20.9 Å². The van der Waals surface area contributed by atoms with Crippen LogP contribution in [0.2, 0.25) is 5.02 Å². The standard InChI is InChI=1S/C17H20ClN5O2/c1-8-6-23-11(7-21(8)3)16(24)20-13-15(23)10-5-19-9(2)12(18)14(10)22(4)17(13)25/h5,8,11H,6-7H2,1-4H3,(H,20,24). The number of hydrogen-bond donors (Lipinski definition) is 1. The molecule has 0 saturated carbocycles. The van der Waals surface area contributed by atoms with Gasteiger partial charge in [0.25, 0.3) is 5.56 Å². The van der Waals surface area contributed by atoms with E-state index in [1.54, 1.807) is 13.2 Å². The van der Waals surface area contributed by atoms with E-state index in [0.29, 0.717) is 35.0 Å². The van der Waals surface area contributed by atoms with Gasteiger partial charge < -0.3 is 14.8 Å². The summed E-state index contributed by atoms with van der Waals surface area (Å²) >= 11 is 6.47. The number of rotatable bonds is 0. The molecule has 2 aliphatic heterocycles. The number of nitrogens with zero attached hydrogens (tertiary/aromatic N) is 4. The van der Waals surface area contributed by atoms with Gasteiger partial charge in [-0.15, -0.1) is 0 Å². The molecule has 0 bridgehead atoms. The van der Waals surface area contributed by atoms with Crippen LogP contribution in [0.25, 0.3) is 10.9 Å². The molecule has 132 valence electrons. The van der Waals surface area contributed by atoms with E-state index < -0.39 is 0 Å². The number of fused-ring (bicyclic) bond motifs is 5. The number of piperazine rings is 1. The van der Waals surface area contributed by atoms with Crippen molar-refractivity contribution in [2.45, 2.75) is 25.9 Å². The first kappa shape index (κ1) is 16.4. The molecule has 1 saturated heterocycles. The third-order valence-electron chi connectivity index (χ3n) is 5.40. The maximum Gasteiger partial charge on any atom is 0.276 e. The Morgan fingerprint density at radius 3 is 2.72 bits per heavy atom. The molecular weight excluding hydrogens is 342 g/mol. The number of carbonyl (C=O) groups excluding carboxylic acids is 1. The molecule has 2 atom stereocenters. The Balaban J connectivity index is 2.07. The summed E-state index contributed by atoms with van der Waals surface area (Å²) in [5.41, 5.74) is 2.12. The number of amides is 1. The lowest BCUT2D eigenvalue weighted by molar-refractivity contribution is -0.118. The number of aromatic nitrogens is 2. The number of carbonyl (C=O) groups is 1. The summed E-state index contributed by atoms with van der Waals surface area (Å²) < 4.78 is 1.49. The van der Waals surface area contributed by atoms with Crippen molar-refractivity contribution in [2.24, 2.45) is 7.05 Å². The highest BCUT2D eigenvalue weighted by Crippen LogP contribution is 2.40. The Labute approximate surface area is 150 Å². The third kappa shape index (κ3) is 2.19. The third-order valence-corrected chi connectivity index (χ3v) is 5.85. The summed E-state index contributed by atoms with van der Waals surface area (Å²) in [5, 5.41) is 4.07. The maximum atomic E-state index is 12.9. The second kappa shape index (κ2) is 5.44. The first-order chi connectivity index (χ1) is 11.8. The zero-order valence-corrected chi connectivity index (χ0v) is 15.4. The number of likely N-dealkylation sites (N-methyl/N-ethyl adjacent to an activating group) is 1. The molecular formula is C17H20ClN5O2. The maximum absolute atomic E-state index is 12.9. The lowest BCUT2D eigenvalue weighted by Crippen LogP contribution is -2.62. The molecule has 2 aromatic rings. The van der Waals surface area contributed by atoms with Gasteiger partial charge in [-0.1, -0.05) is 11.6 Å². The number of pyridine rings is 2. The van der Waals surface area contributed by atoms with Gasteiger partial charge in [0, 0.05) is 37.8 Å². The summed E-state index contributed by atoms with van der Waals surface area (Å²) in [5.74, 6) is -0.145. The first-order valence-electron chi connectivity index (χ1n) is 8.26. The Kier molecular flexibility index (Phi) is 3.56. The van der Waals surface area contributed by atoms with E-state index in [1.165, 1.54) is 4.57 Å². The minimum atomic E-state index is -0.330. The molecule has 0 aromatic carbocycles. The predicted molar refractivity (Wildman–Crippen MR) is 98.6 cm³/mol. The van der Waals surface area contributed by atoms with Crippen LogP contribution in [0.5, 0.6) is 0 Å². The number of halogens is 1. The minimum Gasteiger partial charge on any atom is -0.354 e. The lowest BCUT2D eigenvalue weighted by atomic mass is 10.0. The average Bonchev–Trinajstić information content (AvgIpc) is 2.57. The van der Waals surface area contributed by atoms with Crippen molar-refractivity contribution in [1.29, 1.82) is 0 Å². The molecule has 0 aliphatic carbocycles. The van der Waals surface area contributed by atoms with Crippen LogP contribution in [0.15, 0.2) is 11.0 Å². The molecule has 0 radical (unpaired) electrons. The van der Waals surface area contributed by atoms with Gasteiger partial charge in [-0.2, -0.15) is 0 Å². The molecule has 4 rings (SSSR count). The monoisotopic (exact) mass is 361 g/mol. The van der Waals surface area contributed by atoms with Gasteiger partial charge in [0.1, 0.15) is 11.7 Å². The van der Waals surface area contributed by atoms with Crippen LogP contribution in [0.4, 0.5) is 11.4 Å². The molecule has 4 heterocycles. The van der Waals surface area contributed by atoms with Crippen molar-refractivity contribution in [3.8, 4) is 0 Å². The molecule has 1 N–H and O–H groups in total. The number of aryl methyl sites for hydroxylation is 2. The van der Waals surface area contributed by atoms with Gasteiger partial charge >= 0.3 is 0 Å². The summed E-state index contributed by atoms with van der Waals surface area (Å²) in [6, 6.07) is -0.0629. The number of nitrogens with one attached hydrogen (secondary N) is 1. The Bertz CT molecular complexity index is 970. The predicted octanol–water partition coefficient (Wildman–Crippen LogP) is 1.36. The van der Waals surface area contributed by atoms with E-state index in [9.17, 15) is 9.59 Å². The van der Waals surface area contributed by atoms with Gasteiger partial charge in [0.2, 0.25) is 5.91 Å². The molecule has 2 aromatic heterocycles. The normalized spacial score (nSPS) is 23.4. The lowest BCUT2D eigenvalue weighted by Gasteiger charge is -2.47. The number of anilines is 2. The largest absolute Gasteiger partial charge is 0.354 e. The smallest absolute Gasteiger partial charge is 0.276 e. The highest BCUT2D eigenvalue weighted by molar-refractivity contribution is 6.36. The van der Waals surface area contributed by atoms with E-state index in [4.69, 9.17) is 11.6 Å². The Morgan fingerprint density at radius 2 is 2.00 bits per heavy atom. The molecule has 1 fully saturated rings. The second-order valence-corrected chi connectivity index (χ2v) is 7.33. The van der Waals surface area contributed by atoms with Gasteiger partial charge in [0.15, 0.2) is 0 Å². The topological polar surface area (TPSA) is 70.5 Å². The summed E-state index contributed by atoms with van der Waals surface area (Å²) in [4.78, 5) is 34.1. The van der Waals surface area contributed by atoms with Gasteiger partial charge in [0.05, 0.1) is 21.9 Å². The fourth-order valence-corrected chi connectivity index (χ4v) is 4.04. The number of hydrogen-bond acceptors (Lipinski definition) is 5. The van der Waals surface area contributed by atoms with Crippen LogP contribution in [0.3, 0.4) is 0 Å². The highest BCUT2D eigenvalue weighted by Gasteiger charge is 2.41. The molecule has 2 unspecified atom stereocenters. The van der Waals surface area contributed by atoms with Crippen molar-refractivity contribution in [1.82, 2.24) is 14.5 Å². The van der Waals surface area contributed by atoms with E-state index in [-0.39, 0.29) is 23.6 Å². The van der Waals surface area contributed by atoms with E-state index in [1.807, 2.05) is 18.9 Å². The van der Waals surface area contributed by atoms with Crippen LogP contribution in [-0.2, 0) is 11.8 Å². The van der Waals surface area contributed by atoms with Crippen LogP contribution < -0.4 is 15.8 Å². The molecule has 8 heteroatoms. The second-order valence-electron chi connectivity index (χ2n) is 6.95. The van der Waals surface area contributed by atoms with Crippen molar-refractivity contribution in [3.05, 3.63) is 27.3 Å². The van der Waals surface area contributed by atoms with E-state index in [0.717, 1.165) is 11.1 Å². The van der Waals surface area contributed by atoms with E-state index in [2.05, 4.69) is 22.1 Å². The molecule has 25 heavy (non-hydrogen) atoms. The minimum absolute atomic E-state index is 0.145. The van der Waals surface area contributed by atoms with Crippen LogP contribution in [0.1, 0.15) is 12.6 Å². The fraction of sp³-hybridized carbons (Fsp3) is 0.471. The highest BCUT2D eigenvalue weighted by atomic mass is 35.5. The molecule has 0 spiro atoms. The van der Waals surface area contributed by atoms with Gasteiger partial charge in [-0.25, -0.2) is 0 Å². The quantitative estimate of drug-likeness (QED) is 0.767. The van der Waals surface area contributed by atoms with Crippen molar-refractivity contribution in [2.75, 3.05) is 30.4 Å². The Morgan fingerprint density at radius 1 is 1.28 bits per heavy atom. The Hall–Kier alpha value is -2.12. The molecule has 1 amide bonds. The summed E-state index contributed by atoms with van der Waals surface area (Å²) in [6.07, 6.45) is 1.74. The van der Waals surface area contributed by atoms with Crippen molar-refractivity contribution >= 4 is 39.8 Å². The van der Waals surface area contributed by atoms with Crippen molar-refractivity contribution < 1.29 is 4.79 Å². The molecule has 7 nitrogen and oxygen atoms in total. The van der Waals surface area contributed by atoms with Crippen LogP contribution in [0, 0.1) is 6.92 Å². The van der Waals surface area contributed by atoms with Crippen LogP contribution >= 0.6 is 11.6 Å². The first-order valence-corrected chi connectivity index (χ1v) is 8.64. The fourth-order valence-electron chi connectivity index (χ4n) is 3.77. The van der Waals surface area contributed by atoms with Crippen molar-refractivity contribution in [3.63, 3.8) is 0 Å². The molecule has 2 aliphatic rings. The zero-order chi connectivity index (χ0) is 18.0. The van der Waals surface area contributed by atoms with Gasteiger partial charge in [-0.3, -0.25) is 19.5 Å². The zero-order valence-electron chi connectivity index (χ0n) is 14.6. The van der Waals surface area contributed by atoms with Crippen LogP contribution in [-0.4, -0.2) is 52.6 Å². The summed E-state index contributed by atoms with van der Waals surface area (Å²) in [6.45, 7) is 5.20.